The molecule has 1 amide bonds. The minimum Gasteiger partial charge on any atom is -0.393 e. The van der Waals surface area contributed by atoms with Crippen LogP contribution < -0.4 is 5.32 Å². The second kappa shape index (κ2) is 9.22. The lowest BCUT2D eigenvalue weighted by Gasteiger charge is -2.15. The number of halogens is 2. The van der Waals surface area contributed by atoms with Crippen molar-refractivity contribution in [2.45, 2.75) is 37.7 Å². The molecule has 3 aromatic rings. The number of nitrogens with zero attached hydrogens (tertiary/aromatic N) is 1. The number of aliphatic hydroxyl groups is 1. The summed E-state index contributed by atoms with van der Waals surface area (Å²) in [4.78, 5) is 13.2. The molecular weight excluding hydrogens is 438 g/mol. The van der Waals surface area contributed by atoms with Gasteiger partial charge in [0.25, 0.3) is 5.91 Å². The number of carbonyl (C=O) groups excluding carboxylic acids is 1. The number of anilines is 1. The van der Waals surface area contributed by atoms with Gasteiger partial charge in [0, 0.05) is 35.8 Å². The van der Waals surface area contributed by atoms with E-state index in [1.807, 2.05) is 0 Å². The molecule has 32 heavy (non-hydrogen) atoms. The van der Waals surface area contributed by atoms with Crippen LogP contribution in [0.3, 0.4) is 0 Å². The van der Waals surface area contributed by atoms with Crippen LogP contribution in [-0.4, -0.2) is 36.4 Å². The number of sulfone groups is 1. The van der Waals surface area contributed by atoms with Crippen molar-refractivity contribution in [2.75, 3.05) is 11.6 Å². The fraction of sp³-hybridized carbons (Fsp3) is 0.261. The first-order valence-corrected chi connectivity index (χ1v) is 11.9. The highest BCUT2D eigenvalue weighted by atomic mass is 32.2. The zero-order valence-electron chi connectivity index (χ0n) is 17.9. The van der Waals surface area contributed by atoms with E-state index in [0.717, 1.165) is 18.4 Å². The summed E-state index contributed by atoms with van der Waals surface area (Å²) in [6.07, 6.45) is 0.859. The molecule has 0 aliphatic heterocycles. The van der Waals surface area contributed by atoms with E-state index < -0.39 is 33.5 Å². The van der Waals surface area contributed by atoms with Crippen LogP contribution in [0.15, 0.2) is 53.4 Å². The molecule has 0 radical (unpaired) electrons. The molecule has 3 rings (SSSR count). The summed E-state index contributed by atoms with van der Waals surface area (Å²) in [5, 5.41) is 12.6. The highest BCUT2D eigenvalue weighted by Crippen LogP contribution is 2.27. The van der Waals surface area contributed by atoms with E-state index in [2.05, 4.69) is 5.32 Å². The molecular formula is C23H24F2N2O4S. The maximum Gasteiger partial charge on any atom is 0.257 e. The van der Waals surface area contributed by atoms with Gasteiger partial charge in [0.1, 0.15) is 11.6 Å². The summed E-state index contributed by atoms with van der Waals surface area (Å²) in [6.45, 7) is 3.38. The van der Waals surface area contributed by atoms with Crippen molar-refractivity contribution in [1.82, 2.24) is 4.57 Å². The van der Waals surface area contributed by atoms with Gasteiger partial charge in [-0.3, -0.25) is 4.79 Å². The lowest BCUT2D eigenvalue weighted by molar-refractivity contribution is 0.102. The number of carbonyl (C=O) groups is 1. The number of aliphatic hydroxyl groups excluding tert-OH is 1. The summed E-state index contributed by atoms with van der Waals surface area (Å²) in [5.41, 5.74) is 1.74. The van der Waals surface area contributed by atoms with Gasteiger partial charge in [0.2, 0.25) is 0 Å². The first-order chi connectivity index (χ1) is 15.0. The molecule has 0 spiro atoms. The Balaban J connectivity index is 2.04. The molecule has 2 aromatic carbocycles. The molecule has 0 bridgehead atoms. The minimum atomic E-state index is -3.36. The van der Waals surface area contributed by atoms with Crippen molar-refractivity contribution in [3.63, 3.8) is 0 Å². The summed E-state index contributed by atoms with van der Waals surface area (Å²) in [7, 11) is -3.36. The molecule has 2 N–H and O–H groups in total. The maximum atomic E-state index is 14.6. The molecule has 170 valence electrons. The summed E-state index contributed by atoms with van der Waals surface area (Å²) in [5.74, 6) is -1.98. The standard InChI is InChI=1S/C23H24F2N2O4S/c1-4-21-19(23(29)26-16-6-8-18(9-7-16)32(3,30)31)13-17(11-14(2)28)27(21)22-10-5-15(24)12-20(22)25/h5-10,12-14,28H,4,11H2,1-3H3,(H,26,29)/t14-/m0/s1. The van der Waals surface area contributed by atoms with Crippen LogP contribution in [0.25, 0.3) is 5.69 Å². The van der Waals surface area contributed by atoms with Gasteiger partial charge < -0.3 is 15.0 Å². The Kier molecular flexibility index (Phi) is 6.80. The minimum absolute atomic E-state index is 0.0791. The number of hydrogen-bond donors (Lipinski definition) is 2. The van der Waals surface area contributed by atoms with Crippen molar-refractivity contribution in [3.8, 4) is 5.69 Å². The number of benzene rings is 2. The van der Waals surface area contributed by atoms with Crippen LogP contribution in [0, 0.1) is 11.6 Å². The summed E-state index contributed by atoms with van der Waals surface area (Å²) in [6, 6.07) is 10.5. The molecule has 1 atom stereocenters. The molecule has 0 saturated heterocycles. The van der Waals surface area contributed by atoms with E-state index in [9.17, 15) is 27.1 Å². The van der Waals surface area contributed by atoms with Crippen LogP contribution in [-0.2, 0) is 22.7 Å². The van der Waals surface area contributed by atoms with Crippen molar-refractivity contribution in [1.29, 1.82) is 0 Å². The predicted molar refractivity (Wildman–Crippen MR) is 118 cm³/mol. The molecule has 0 aliphatic carbocycles. The van der Waals surface area contributed by atoms with E-state index in [0.29, 0.717) is 23.5 Å². The molecule has 9 heteroatoms. The van der Waals surface area contributed by atoms with Crippen LogP contribution in [0.5, 0.6) is 0 Å². The van der Waals surface area contributed by atoms with Gasteiger partial charge in [-0.1, -0.05) is 6.92 Å². The number of hydrogen-bond acceptors (Lipinski definition) is 4. The zero-order chi connectivity index (χ0) is 23.6. The third-order valence-electron chi connectivity index (χ3n) is 4.95. The summed E-state index contributed by atoms with van der Waals surface area (Å²) < 4.78 is 52.8. The predicted octanol–water partition coefficient (Wildman–Crippen LogP) is 3.90. The third-order valence-corrected chi connectivity index (χ3v) is 6.08. The molecule has 6 nitrogen and oxygen atoms in total. The summed E-state index contributed by atoms with van der Waals surface area (Å²) >= 11 is 0. The molecule has 0 unspecified atom stereocenters. The van der Waals surface area contributed by atoms with Gasteiger partial charge >= 0.3 is 0 Å². The smallest absolute Gasteiger partial charge is 0.257 e. The van der Waals surface area contributed by atoms with Gasteiger partial charge in [-0.25, -0.2) is 17.2 Å². The Bertz CT molecular complexity index is 1250. The van der Waals surface area contributed by atoms with Crippen LogP contribution in [0.4, 0.5) is 14.5 Å². The normalized spacial score (nSPS) is 12.6. The van der Waals surface area contributed by atoms with E-state index in [4.69, 9.17) is 0 Å². The first kappa shape index (κ1) is 23.6. The Morgan fingerprint density at radius 1 is 1.12 bits per heavy atom. The quantitative estimate of drug-likeness (QED) is 0.558. The Hall–Kier alpha value is -3.04. The average molecular weight is 463 g/mol. The average Bonchev–Trinajstić information content (AvgIpc) is 3.05. The number of rotatable bonds is 7. The van der Waals surface area contributed by atoms with E-state index in [-0.39, 0.29) is 22.6 Å². The number of amides is 1. The van der Waals surface area contributed by atoms with E-state index in [1.165, 1.54) is 34.9 Å². The highest BCUT2D eigenvalue weighted by Gasteiger charge is 2.23. The van der Waals surface area contributed by atoms with E-state index >= 15 is 0 Å². The van der Waals surface area contributed by atoms with E-state index in [1.54, 1.807) is 19.9 Å². The van der Waals surface area contributed by atoms with Crippen molar-refractivity contribution >= 4 is 21.4 Å². The first-order valence-electron chi connectivity index (χ1n) is 9.99. The number of aromatic nitrogens is 1. The SMILES string of the molecule is CCc1c(C(=O)Nc2ccc(S(C)(=O)=O)cc2)cc(C[C@H](C)O)n1-c1ccc(F)cc1F. The maximum absolute atomic E-state index is 14.6. The monoisotopic (exact) mass is 462 g/mol. The van der Waals surface area contributed by atoms with Gasteiger partial charge in [0.05, 0.1) is 22.3 Å². The van der Waals surface area contributed by atoms with Crippen molar-refractivity contribution in [3.05, 3.63) is 77.1 Å². The van der Waals surface area contributed by atoms with Crippen LogP contribution in [0.2, 0.25) is 0 Å². The largest absolute Gasteiger partial charge is 0.393 e. The van der Waals surface area contributed by atoms with Crippen molar-refractivity contribution in [2.24, 2.45) is 0 Å². The molecule has 0 aliphatic rings. The fourth-order valence-corrected chi connectivity index (χ4v) is 4.18. The second-order valence-corrected chi connectivity index (χ2v) is 9.60. The molecule has 1 heterocycles. The molecule has 0 saturated carbocycles. The fourth-order valence-electron chi connectivity index (χ4n) is 3.55. The zero-order valence-corrected chi connectivity index (χ0v) is 18.7. The van der Waals surface area contributed by atoms with Gasteiger partial charge in [-0.15, -0.1) is 0 Å². The van der Waals surface area contributed by atoms with Gasteiger partial charge in [-0.2, -0.15) is 0 Å². The topological polar surface area (TPSA) is 88.4 Å². The van der Waals surface area contributed by atoms with Crippen LogP contribution in [0.1, 0.15) is 35.6 Å². The second-order valence-electron chi connectivity index (χ2n) is 7.58. The lowest BCUT2D eigenvalue weighted by atomic mass is 10.1. The Morgan fingerprint density at radius 3 is 2.31 bits per heavy atom. The van der Waals surface area contributed by atoms with Gasteiger partial charge in [0.15, 0.2) is 9.84 Å². The Labute approximate surface area is 185 Å². The van der Waals surface area contributed by atoms with Crippen LogP contribution >= 0.6 is 0 Å². The lowest BCUT2D eigenvalue weighted by Crippen LogP contribution is -2.15. The Morgan fingerprint density at radius 2 is 1.78 bits per heavy atom. The van der Waals surface area contributed by atoms with Crippen molar-refractivity contribution < 1.29 is 27.1 Å². The highest BCUT2D eigenvalue weighted by molar-refractivity contribution is 7.90. The molecule has 0 fully saturated rings. The third kappa shape index (κ3) is 5.05. The van der Waals surface area contributed by atoms with Gasteiger partial charge in [-0.05, 0) is 55.8 Å². The number of nitrogens with one attached hydrogen (secondary N) is 1. The molecule has 1 aromatic heterocycles.